The predicted molar refractivity (Wildman–Crippen MR) is 108 cm³/mol. The van der Waals surface area contributed by atoms with Crippen LogP contribution in [-0.2, 0) is 0 Å². The topological polar surface area (TPSA) is 107 Å². The Kier molecular flexibility index (Phi) is 6.48. The summed E-state index contributed by atoms with van der Waals surface area (Å²) >= 11 is 0. The maximum atomic E-state index is 12.6. The first-order valence-corrected chi connectivity index (χ1v) is 9.38. The second-order valence-corrected chi connectivity index (χ2v) is 6.81. The van der Waals surface area contributed by atoms with Crippen LogP contribution in [0.2, 0.25) is 0 Å². The second-order valence-electron chi connectivity index (χ2n) is 6.81. The second kappa shape index (κ2) is 9.22. The number of benzene rings is 1. The first-order valence-electron chi connectivity index (χ1n) is 9.38. The molecular formula is C20H24N4O5. The van der Waals surface area contributed by atoms with Gasteiger partial charge in [0, 0.05) is 31.9 Å². The molecule has 1 fully saturated rings. The normalized spacial score (nSPS) is 14.3. The van der Waals surface area contributed by atoms with Crippen LogP contribution in [0.25, 0.3) is 0 Å². The zero-order chi connectivity index (χ0) is 20.8. The van der Waals surface area contributed by atoms with E-state index in [1.54, 1.807) is 6.20 Å². The number of anilines is 1. The fraction of sp³-hybridized carbons (Fsp3) is 0.400. The summed E-state index contributed by atoms with van der Waals surface area (Å²) in [5, 5.41) is 14.2. The Bertz CT molecular complexity index is 867. The van der Waals surface area contributed by atoms with Crippen molar-refractivity contribution in [1.82, 2.24) is 10.3 Å². The van der Waals surface area contributed by atoms with Gasteiger partial charge < -0.3 is 19.7 Å². The molecule has 0 aliphatic carbocycles. The Morgan fingerprint density at radius 1 is 1.24 bits per heavy atom. The Hall–Kier alpha value is -3.36. The van der Waals surface area contributed by atoms with Crippen molar-refractivity contribution in [3.8, 4) is 11.5 Å². The highest BCUT2D eigenvalue weighted by molar-refractivity contribution is 5.99. The third-order valence-electron chi connectivity index (χ3n) is 5.08. The lowest BCUT2D eigenvalue weighted by Gasteiger charge is -2.32. The number of nitrogens with zero attached hydrogens (tertiary/aromatic N) is 3. The van der Waals surface area contributed by atoms with Crippen molar-refractivity contribution in [2.24, 2.45) is 5.92 Å². The maximum Gasteiger partial charge on any atom is 0.286 e. The molecule has 3 rings (SSSR count). The number of hydrogen-bond donors (Lipinski definition) is 1. The summed E-state index contributed by atoms with van der Waals surface area (Å²) in [4.78, 5) is 30.0. The molecule has 0 atom stereocenters. The van der Waals surface area contributed by atoms with Crippen molar-refractivity contribution >= 4 is 17.4 Å². The van der Waals surface area contributed by atoms with Gasteiger partial charge in [-0.15, -0.1) is 0 Å². The lowest BCUT2D eigenvalue weighted by molar-refractivity contribution is -0.385. The van der Waals surface area contributed by atoms with Crippen molar-refractivity contribution in [2.75, 3.05) is 38.8 Å². The number of ether oxygens (including phenoxy) is 2. The lowest BCUT2D eigenvalue weighted by atomic mass is 9.96. The number of rotatable bonds is 7. The summed E-state index contributed by atoms with van der Waals surface area (Å²) in [6, 6.07) is 8.39. The number of nitro benzene ring substituents is 1. The van der Waals surface area contributed by atoms with Crippen molar-refractivity contribution in [1.29, 1.82) is 0 Å². The molecule has 1 aromatic carbocycles. The van der Waals surface area contributed by atoms with Gasteiger partial charge in [-0.05, 0) is 30.9 Å². The van der Waals surface area contributed by atoms with Crippen LogP contribution in [0.1, 0.15) is 23.2 Å². The van der Waals surface area contributed by atoms with Crippen LogP contribution in [0.4, 0.5) is 11.5 Å². The molecule has 0 saturated carbocycles. The van der Waals surface area contributed by atoms with Gasteiger partial charge in [0.05, 0.1) is 25.2 Å². The minimum Gasteiger partial charge on any atom is -0.493 e. The molecule has 1 saturated heterocycles. The number of methoxy groups -OCH3 is 2. The number of nitro groups is 1. The van der Waals surface area contributed by atoms with Crippen LogP contribution in [0.3, 0.4) is 0 Å². The van der Waals surface area contributed by atoms with Crippen LogP contribution in [0.5, 0.6) is 11.5 Å². The van der Waals surface area contributed by atoms with Crippen molar-refractivity contribution in [3.05, 3.63) is 52.2 Å². The van der Waals surface area contributed by atoms with Gasteiger partial charge in [-0.1, -0.05) is 6.07 Å². The highest BCUT2D eigenvalue weighted by Crippen LogP contribution is 2.34. The molecule has 0 spiro atoms. The van der Waals surface area contributed by atoms with E-state index in [1.165, 1.54) is 26.4 Å². The van der Waals surface area contributed by atoms with Gasteiger partial charge in [0.2, 0.25) is 0 Å². The smallest absolute Gasteiger partial charge is 0.286 e. The maximum absolute atomic E-state index is 12.6. The Morgan fingerprint density at radius 2 is 1.93 bits per heavy atom. The molecule has 1 aromatic heterocycles. The summed E-state index contributed by atoms with van der Waals surface area (Å²) in [5.41, 5.74) is -0.358. The van der Waals surface area contributed by atoms with E-state index >= 15 is 0 Å². The molecule has 1 aliphatic rings. The van der Waals surface area contributed by atoms with Gasteiger partial charge >= 0.3 is 0 Å². The van der Waals surface area contributed by atoms with Gasteiger partial charge in [0.25, 0.3) is 11.6 Å². The number of piperidine rings is 1. The average molecular weight is 400 g/mol. The third-order valence-corrected chi connectivity index (χ3v) is 5.08. The fourth-order valence-electron chi connectivity index (χ4n) is 3.44. The zero-order valence-corrected chi connectivity index (χ0v) is 16.5. The molecule has 0 radical (unpaired) electrons. The standard InChI is InChI=1S/C20H24N4O5/c1-28-17-11-15(16(24(26)27)12-18(17)29-2)20(25)22-13-14-6-9-23(10-7-14)19-5-3-4-8-21-19/h3-5,8,11-12,14H,6-7,9-10,13H2,1-2H3,(H,22,25). The predicted octanol–water partition coefficient (Wildman–Crippen LogP) is 2.65. The van der Waals surface area contributed by atoms with Crippen LogP contribution < -0.4 is 19.7 Å². The third kappa shape index (κ3) is 4.74. The Morgan fingerprint density at radius 3 is 2.52 bits per heavy atom. The molecule has 1 N–H and O–H groups in total. The highest BCUT2D eigenvalue weighted by atomic mass is 16.6. The van der Waals surface area contributed by atoms with Gasteiger partial charge in [-0.2, -0.15) is 0 Å². The summed E-state index contributed by atoms with van der Waals surface area (Å²) < 4.78 is 10.3. The first kappa shape index (κ1) is 20.4. The summed E-state index contributed by atoms with van der Waals surface area (Å²) in [6.45, 7) is 2.17. The molecule has 0 bridgehead atoms. The van der Waals surface area contributed by atoms with Gasteiger partial charge in [-0.25, -0.2) is 4.98 Å². The first-order chi connectivity index (χ1) is 14.0. The summed E-state index contributed by atoms with van der Waals surface area (Å²) in [7, 11) is 2.80. The molecule has 2 heterocycles. The molecule has 0 unspecified atom stereocenters. The summed E-state index contributed by atoms with van der Waals surface area (Å²) in [5.74, 6) is 1.24. The average Bonchev–Trinajstić information content (AvgIpc) is 2.77. The number of amides is 1. The largest absolute Gasteiger partial charge is 0.493 e. The van der Waals surface area contributed by atoms with E-state index in [2.05, 4.69) is 15.2 Å². The van der Waals surface area contributed by atoms with Crippen molar-refractivity contribution in [3.63, 3.8) is 0 Å². The summed E-state index contributed by atoms with van der Waals surface area (Å²) in [6.07, 6.45) is 3.59. The number of pyridine rings is 1. The fourth-order valence-corrected chi connectivity index (χ4v) is 3.44. The highest BCUT2D eigenvalue weighted by Gasteiger charge is 2.26. The number of nitrogens with one attached hydrogen (secondary N) is 1. The number of hydrogen-bond acceptors (Lipinski definition) is 7. The molecule has 154 valence electrons. The molecular weight excluding hydrogens is 376 g/mol. The molecule has 1 aliphatic heterocycles. The van der Waals surface area contributed by atoms with E-state index in [0.29, 0.717) is 12.5 Å². The van der Waals surface area contributed by atoms with E-state index in [9.17, 15) is 14.9 Å². The van der Waals surface area contributed by atoms with Crippen molar-refractivity contribution in [2.45, 2.75) is 12.8 Å². The van der Waals surface area contributed by atoms with E-state index < -0.39 is 10.8 Å². The number of carbonyl (C=O) groups excluding carboxylic acids is 1. The lowest BCUT2D eigenvalue weighted by Crippen LogP contribution is -2.39. The van der Waals surface area contributed by atoms with E-state index in [1.807, 2.05) is 18.2 Å². The number of aromatic nitrogens is 1. The van der Waals surface area contributed by atoms with Gasteiger partial charge in [-0.3, -0.25) is 14.9 Å². The Balaban J connectivity index is 1.62. The van der Waals surface area contributed by atoms with Crippen LogP contribution >= 0.6 is 0 Å². The minimum absolute atomic E-state index is 0.0430. The van der Waals surface area contributed by atoms with Gasteiger partial charge in [0.1, 0.15) is 11.4 Å². The molecule has 9 heteroatoms. The molecule has 9 nitrogen and oxygen atoms in total. The Labute approximate surface area is 168 Å². The number of carbonyl (C=O) groups is 1. The zero-order valence-electron chi connectivity index (χ0n) is 16.5. The SMILES string of the molecule is COc1cc(C(=O)NCC2CCN(c3ccccn3)CC2)c([N+](=O)[O-])cc1OC. The minimum atomic E-state index is -0.595. The quantitative estimate of drug-likeness (QED) is 0.562. The van der Waals surface area contributed by atoms with Crippen LogP contribution in [0, 0.1) is 16.0 Å². The van der Waals surface area contributed by atoms with Gasteiger partial charge in [0.15, 0.2) is 11.5 Å². The van der Waals surface area contributed by atoms with Crippen LogP contribution in [-0.4, -0.2) is 49.7 Å². The molecule has 2 aromatic rings. The van der Waals surface area contributed by atoms with Crippen LogP contribution in [0.15, 0.2) is 36.5 Å². The molecule has 1 amide bonds. The van der Waals surface area contributed by atoms with Crippen molar-refractivity contribution < 1.29 is 19.2 Å². The van der Waals surface area contributed by atoms with E-state index in [-0.39, 0.29) is 22.7 Å². The monoisotopic (exact) mass is 400 g/mol. The van der Waals surface area contributed by atoms with E-state index in [4.69, 9.17) is 9.47 Å². The van der Waals surface area contributed by atoms with E-state index in [0.717, 1.165) is 31.7 Å². The molecule has 29 heavy (non-hydrogen) atoms.